The molecule has 0 bridgehead atoms. The smallest absolute Gasteiger partial charge is 0.386 e. The summed E-state index contributed by atoms with van der Waals surface area (Å²) in [5.74, 6) is -14.5. The quantitative estimate of drug-likeness (QED) is 0.488. The minimum Gasteiger partial charge on any atom is -0.457 e. The molecule has 0 radical (unpaired) electrons. The second-order valence-electron chi connectivity index (χ2n) is 6.39. The topological polar surface area (TPSA) is 9.23 Å². The Morgan fingerprint density at radius 2 is 1.38 bits per heavy atom. The number of benzene rings is 2. The van der Waals surface area contributed by atoms with E-state index in [1.165, 1.54) is 6.07 Å². The van der Waals surface area contributed by atoms with Gasteiger partial charge in [0.1, 0.15) is 20.0 Å². The Morgan fingerprint density at radius 3 is 2.00 bits per heavy atom. The number of ether oxygens (including phenoxy) is 1. The van der Waals surface area contributed by atoms with E-state index < -0.39 is 48.9 Å². The highest BCUT2D eigenvalue weighted by Gasteiger charge is 2.73. The van der Waals surface area contributed by atoms with Crippen molar-refractivity contribution in [2.45, 2.75) is 37.7 Å². The first-order valence-electron chi connectivity index (χ1n) is 8.36. The predicted octanol–water partition coefficient (Wildman–Crippen LogP) is 6.70. The first kappa shape index (κ1) is 21.1. The average molecular weight is 422 g/mol. The van der Waals surface area contributed by atoms with Crippen LogP contribution < -0.4 is 0 Å². The van der Waals surface area contributed by atoms with Crippen LogP contribution in [-0.4, -0.2) is 11.8 Å². The van der Waals surface area contributed by atoms with Gasteiger partial charge in [0, 0.05) is 11.6 Å². The molecule has 0 amide bonds. The molecule has 0 saturated heterocycles. The van der Waals surface area contributed by atoms with Gasteiger partial charge in [0.2, 0.25) is 0 Å². The normalized spacial score (nSPS) is 22.3. The van der Waals surface area contributed by atoms with Crippen molar-refractivity contribution < 1.29 is 39.9 Å². The number of allylic oxidation sites excluding steroid dienone is 1. The van der Waals surface area contributed by atoms with Gasteiger partial charge in [-0.05, 0) is 27.8 Å². The summed E-state index contributed by atoms with van der Waals surface area (Å²) in [6, 6.07) is 6.45. The van der Waals surface area contributed by atoms with E-state index in [1.807, 2.05) is 0 Å². The van der Waals surface area contributed by atoms with E-state index in [0.29, 0.717) is 0 Å². The molecule has 1 nitrogen and oxygen atoms in total. The van der Waals surface area contributed by atoms with Crippen molar-refractivity contribution in [1.82, 2.24) is 0 Å². The van der Waals surface area contributed by atoms with E-state index in [9.17, 15) is 30.7 Å². The summed E-state index contributed by atoms with van der Waals surface area (Å²) in [6.07, 6.45) is -0.138. The Balaban J connectivity index is 2.29. The van der Waals surface area contributed by atoms with Gasteiger partial charge in [-0.3, -0.25) is 0 Å². The lowest BCUT2D eigenvalue weighted by molar-refractivity contribution is -0.339. The zero-order valence-corrected chi connectivity index (χ0v) is 14.7. The largest absolute Gasteiger partial charge is 0.457 e. The molecule has 1 heterocycles. The van der Waals surface area contributed by atoms with Crippen LogP contribution in [0.1, 0.15) is 22.3 Å². The summed E-state index contributed by atoms with van der Waals surface area (Å²) in [6.45, 7) is -3.69. The van der Waals surface area contributed by atoms with E-state index in [2.05, 4.69) is 4.74 Å². The van der Waals surface area contributed by atoms with E-state index in [1.54, 1.807) is 0 Å². The zero-order chi connectivity index (χ0) is 21.4. The number of hydrogen-bond donors (Lipinski definition) is 0. The molecule has 9 heteroatoms. The third kappa shape index (κ3) is 3.07. The molecule has 1 unspecified atom stereocenters. The van der Waals surface area contributed by atoms with Crippen LogP contribution in [0.15, 0.2) is 48.7 Å². The summed E-state index contributed by atoms with van der Waals surface area (Å²) in [4.78, 5) is 0. The third-order valence-electron chi connectivity index (χ3n) is 4.83. The number of halogens is 8. The Labute approximate surface area is 160 Å². The maximum atomic E-state index is 15.4. The van der Waals surface area contributed by atoms with Crippen LogP contribution >= 0.6 is 0 Å². The average Bonchev–Trinajstić information content (AvgIpc) is 2.70. The highest BCUT2D eigenvalue weighted by Crippen LogP contribution is 2.55. The van der Waals surface area contributed by atoms with Gasteiger partial charge >= 0.3 is 17.7 Å². The molecule has 1 aliphatic heterocycles. The summed E-state index contributed by atoms with van der Waals surface area (Å²) in [5.41, 5.74) is -2.54. The van der Waals surface area contributed by atoms with Gasteiger partial charge < -0.3 is 4.74 Å². The first-order chi connectivity index (χ1) is 13.6. The summed E-state index contributed by atoms with van der Waals surface area (Å²) < 4.78 is 116. The van der Waals surface area contributed by atoms with Gasteiger partial charge in [0.05, 0.1) is 6.26 Å². The fourth-order valence-corrected chi connectivity index (χ4v) is 3.28. The monoisotopic (exact) mass is 422 g/mol. The number of alkyl halides is 8. The highest BCUT2D eigenvalue weighted by molar-refractivity contribution is 5.73. The number of hydrogen-bond acceptors (Lipinski definition) is 1. The molecular weight excluding hydrogens is 408 g/mol. The number of rotatable bonds is 5. The maximum Gasteiger partial charge on any atom is 0.386 e. The first-order valence-corrected chi connectivity index (χ1v) is 8.36. The zero-order valence-electron chi connectivity index (χ0n) is 14.7. The maximum absolute atomic E-state index is 15.4. The Morgan fingerprint density at radius 1 is 0.724 bits per heavy atom. The summed E-state index contributed by atoms with van der Waals surface area (Å²) in [7, 11) is 0. The Bertz CT molecular complexity index is 940. The van der Waals surface area contributed by atoms with Crippen molar-refractivity contribution in [3.63, 3.8) is 0 Å². The van der Waals surface area contributed by atoms with Gasteiger partial charge in [0.15, 0.2) is 0 Å². The van der Waals surface area contributed by atoms with Gasteiger partial charge in [-0.1, -0.05) is 36.4 Å². The molecule has 2 aromatic rings. The van der Waals surface area contributed by atoms with Gasteiger partial charge in [0.25, 0.3) is 0 Å². The molecule has 156 valence electrons. The van der Waals surface area contributed by atoms with Crippen molar-refractivity contribution >= 4 is 0 Å². The minimum absolute atomic E-state index is 0.128. The molecular formula is C20H14F8O. The molecule has 2 aromatic carbocycles. The lowest BCUT2D eigenvalue weighted by atomic mass is 9.85. The van der Waals surface area contributed by atoms with Crippen LogP contribution in [0.5, 0.6) is 0 Å². The Kier molecular flexibility index (Phi) is 5.36. The molecule has 0 aliphatic carbocycles. The molecule has 0 saturated carbocycles. The Hall–Kier alpha value is -2.58. The van der Waals surface area contributed by atoms with Crippen LogP contribution in [0, 0.1) is 0 Å². The molecule has 0 spiro atoms. The van der Waals surface area contributed by atoms with Crippen LogP contribution in [-0.2, 0) is 30.6 Å². The van der Waals surface area contributed by atoms with Crippen molar-refractivity contribution in [3.05, 3.63) is 71.0 Å². The van der Waals surface area contributed by atoms with Crippen LogP contribution in [0.2, 0.25) is 0 Å². The van der Waals surface area contributed by atoms with Crippen molar-refractivity contribution in [2.75, 3.05) is 0 Å². The van der Waals surface area contributed by atoms with E-state index in [4.69, 9.17) is 0 Å². The van der Waals surface area contributed by atoms with E-state index in [0.717, 1.165) is 30.3 Å². The van der Waals surface area contributed by atoms with Gasteiger partial charge in [-0.15, -0.1) is 0 Å². The molecule has 0 aromatic heterocycles. The second kappa shape index (κ2) is 7.35. The molecule has 1 aliphatic rings. The van der Waals surface area contributed by atoms with E-state index >= 15 is 4.39 Å². The summed E-state index contributed by atoms with van der Waals surface area (Å²) in [5, 5.41) is 0. The fraction of sp³-hybridized carbons (Fsp3) is 0.300. The highest BCUT2D eigenvalue weighted by atomic mass is 19.3. The third-order valence-corrected chi connectivity index (χ3v) is 4.83. The van der Waals surface area contributed by atoms with Gasteiger partial charge in [-0.25, -0.2) is 13.2 Å². The molecule has 0 N–H and O–H groups in total. The molecule has 0 fully saturated rings. The minimum atomic E-state index is -5.30. The van der Waals surface area contributed by atoms with Crippen LogP contribution in [0.25, 0.3) is 11.1 Å². The van der Waals surface area contributed by atoms with Gasteiger partial charge in [-0.2, -0.15) is 22.0 Å². The van der Waals surface area contributed by atoms with E-state index in [-0.39, 0.29) is 34.6 Å². The molecule has 1 atom stereocenters. The lowest BCUT2D eigenvalue weighted by Gasteiger charge is -2.39. The molecule has 29 heavy (non-hydrogen) atoms. The van der Waals surface area contributed by atoms with Crippen molar-refractivity contribution in [1.29, 1.82) is 0 Å². The van der Waals surface area contributed by atoms with Crippen LogP contribution in [0.4, 0.5) is 35.1 Å². The lowest BCUT2D eigenvalue weighted by Crippen LogP contribution is -2.56. The second-order valence-corrected chi connectivity index (χ2v) is 6.39. The fourth-order valence-electron chi connectivity index (χ4n) is 3.28. The predicted molar refractivity (Wildman–Crippen MR) is 89.2 cm³/mol. The van der Waals surface area contributed by atoms with Crippen LogP contribution in [0.3, 0.4) is 0 Å². The SMILES string of the molecule is FCc1ccc(-c2ccccc2C2(F)OC=CC(F)(F)C2(F)F)c(CF)c1CF. The van der Waals surface area contributed by atoms with Crippen molar-refractivity contribution in [2.24, 2.45) is 0 Å². The van der Waals surface area contributed by atoms with Crippen molar-refractivity contribution in [3.8, 4) is 11.1 Å². The molecule has 3 rings (SSSR count). The summed E-state index contributed by atoms with van der Waals surface area (Å²) >= 11 is 0. The standard InChI is InChI=1S/C20H14F8O/c21-9-12-5-6-13(16(11-23)15(12)10-22)14-3-1-2-4-17(14)19(26)20(27,28)18(24,25)7-8-29-19/h1-8H,9-11H2.